The van der Waals surface area contributed by atoms with Crippen molar-refractivity contribution in [1.82, 2.24) is 9.29 Å². The predicted octanol–water partition coefficient (Wildman–Crippen LogP) is 1.14. The molecular weight excluding hydrogens is 278 g/mol. The van der Waals surface area contributed by atoms with E-state index in [4.69, 9.17) is 10.8 Å². The SMILES string of the molecule is CC(C)N(CCO)S(=O)(=O)c1c[nH]c2cc(N)ccc12. The van der Waals surface area contributed by atoms with E-state index in [-0.39, 0.29) is 24.1 Å². The third-order valence-corrected chi connectivity index (χ3v) is 5.27. The summed E-state index contributed by atoms with van der Waals surface area (Å²) in [6.45, 7) is 3.41. The summed E-state index contributed by atoms with van der Waals surface area (Å²) >= 11 is 0. The first kappa shape index (κ1) is 14.8. The number of hydrogen-bond acceptors (Lipinski definition) is 4. The summed E-state index contributed by atoms with van der Waals surface area (Å²) in [5.74, 6) is 0. The molecule has 110 valence electrons. The number of benzene rings is 1. The zero-order valence-electron chi connectivity index (χ0n) is 11.5. The highest BCUT2D eigenvalue weighted by Crippen LogP contribution is 2.27. The van der Waals surface area contributed by atoms with E-state index in [1.165, 1.54) is 10.5 Å². The van der Waals surface area contributed by atoms with Crippen LogP contribution in [0.25, 0.3) is 10.9 Å². The van der Waals surface area contributed by atoms with Gasteiger partial charge in [0, 0.05) is 35.4 Å². The molecule has 0 aliphatic heterocycles. The maximum absolute atomic E-state index is 12.7. The molecule has 0 radical (unpaired) electrons. The molecule has 0 saturated heterocycles. The standard InChI is InChI=1S/C13H19N3O3S/c1-9(2)16(5-6-17)20(18,19)13-8-15-12-7-10(14)3-4-11(12)13/h3-4,7-9,15,17H,5-6,14H2,1-2H3. The molecule has 1 aromatic carbocycles. The number of aliphatic hydroxyl groups excluding tert-OH is 1. The molecule has 1 heterocycles. The molecule has 0 bridgehead atoms. The van der Waals surface area contributed by atoms with Gasteiger partial charge in [-0.2, -0.15) is 4.31 Å². The van der Waals surface area contributed by atoms with Gasteiger partial charge in [0.25, 0.3) is 0 Å². The second kappa shape index (κ2) is 5.43. The molecule has 0 aliphatic carbocycles. The number of fused-ring (bicyclic) bond motifs is 1. The van der Waals surface area contributed by atoms with E-state index in [9.17, 15) is 8.42 Å². The highest BCUT2D eigenvalue weighted by Gasteiger charge is 2.28. The van der Waals surface area contributed by atoms with Crippen molar-refractivity contribution < 1.29 is 13.5 Å². The van der Waals surface area contributed by atoms with Crippen LogP contribution in [-0.2, 0) is 10.0 Å². The maximum Gasteiger partial charge on any atom is 0.245 e. The lowest BCUT2D eigenvalue weighted by atomic mass is 10.2. The average Bonchev–Trinajstić information content (AvgIpc) is 2.78. The number of nitrogens with one attached hydrogen (secondary N) is 1. The summed E-state index contributed by atoms with van der Waals surface area (Å²) in [6.07, 6.45) is 1.46. The molecule has 0 spiro atoms. The Morgan fingerprint density at radius 2 is 2.10 bits per heavy atom. The maximum atomic E-state index is 12.7. The van der Waals surface area contributed by atoms with Crippen LogP contribution in [0.1, 0.15) is 13.8 Å². The van der Waals surface area contributed by atoms with E-state index in [1.807, 2.05) is 0 Å². The van der Waals surface area contributed by atoms with Gasteiger partial charge in [-0.05, 0) is 32.0 Å². The van der Waals surface area contributed by atoms with Crippen molar-refractivity contribution in [1.29, 1.82) is 0 Å². The van der Waals surface area contributed by atoms with Gasteiger partial charge in [0.1, 0.15) is 4.90 Å². The fourth-order valence-corrected chi connectivity index (χ4v) is 4.00. The molecule has 4 N–H and O–H groups in total. The Morgan fingerprint density at radius 1 is 1.40 bits per heavy atom. The smallest absolute Gasteiger partial charge is 0.245 e. The molecule has 6 nitrogen and oxygen atoms in total. The van der Waals surface area contributed by atoms with Gasteiger partial charge >= 0.3 is 0 Å². The Balaban J connectivity index is 2.56. The van der Waals surface area contributed by atoms with Crippen LogP contribution in [-0.4, -0.2) is 42.0 Å². The number of aliphatic hydroxyl groups is 1. The molecule has 0 saturated carbocycles. The van der Waals surface area contributed by atoms with E-state index in [0.717, 1.165) is 0 Å². The van der Waals surface area contributed by atoms with Gasteiger partial charge in [0.15, 0.2) is 0 Å². The van der Waals surface area contributed by atoms with Gasteiger partial charge in [-0.1, -0.05) is 0 Å². The van der Waals surface area contributed by atoms with E-state index in [2.05, 4.69) is 4.98 Å². The van der Waals surface area contributed by atoms with E-state index < -0.39 is 10.0 Å². The average molecular weight is 297 g/mol. The lowest BCUT2D eigenvalue weighted by molar-refractivity contribution is 0.236. The van der Waals surface area contributed by atoms with Crippen molar-refractivity contribution >= 4 is 26.6 Å². The molecule has 0 aliphatic rings. The van der Waals surface area contributed by atoms with Crippen LogP contribution in [0.4, 0.5) is 5.69 Å². The molecular formula is C13H19N3O3S. The minimum Gasteiger partial charge on any atom is -0.399 e. The van der Waals surface area contributed by atoms with Crippen molar-refractivity contribution in [3.63, 3.8) is 0 Å². The molecule has 2 rings (SSSR count). The first-order valence-corrected chi connectivity index (χ1v) is 7.81. The number of nitrogen functional groups attached to an aromatic ring is 1. The van der Waals surface area contributed by atoms with Gasteiger partial charge in [-0.3, -0.25) is 0 Å². The number of nitrogens with zero attached hydrogens (tertiary/aromatic N) is 1. The fraction of sp³-hybridized carbons (Fsp3) is 0.385. The van der Waals surface area contributed by atoms with Crippen LogP contribution in [0.5, 0.6) is 0 Å². The first-order valence-electron chi connectivity index (χ1n) is 6.37. The van der Waals surface area contributed by atoms with Gasteiger partial charge in [0.2, 0.25) is 10.0 Å². The monoisotopic (exact) mass is 297 g/mol. The Hall–Kier alpha value is -1.57. The number of sulfonamides is 1. The first-order chi connectivity index (χ1) is 9.37. The number of anilines is 1. The number of aromatic amines is 1. The van der Waals surface area contributed by atoms with Crippen LogP contribution in [0.2, 0.25) is 0 Å². The number of hydrogen-bond donors (Lipinski definition) is 3. The summed E-state index contributed by atoms with van der Waals surface area (Å²) in [5.41, 5.74) is 6.93. The summed E-state index contributed by atoms with van der Waals surface area (Å²) in [7, 11) is -3.66. The van der Waals surface area contributed by atoms with Crippen LogP contribution in [0.3, 0.4) is 0 Å². The molecule has 20 heavy (non-hydrogen) atoms. The summed E-state index contributed by atoms with van der Waals surface area (Å²) < 4.78 is 26.7. The molecule has 0 fully saturated rings. The second-order valence-corrected chi connectivity index (χ2v) is 6.75. The van der Waals surface area contributed by atoms with E-state index in [1.54, 1.807) is 32.0 Å². The largest absolute Gasteiger partial charge is 0.399 e. The van der Waals surface area contributed by atoms with Crippen molar-refractivity contribution in [2.24, 2.45) is 0 Å². The quantitative estimate of drug-likeness (QED) is 0.721. The molecule has 7 heteroatoms. The van der Waals surface area contributed by atoms with Crippen molar-refractivity contribution in [3.05, 3.63) is 24.4 Å². The van der Waals surface area contributed by atoms with E-state index in [0.29, 0.717) is 16.6 Å². The normalized spacial score (nSPS) is 12.7. The second-order valence-electron chi connectivity index (χ2n) is 4.89. The van der Waals surface area contributed by atoms with Crippen molar-refractivity contribution in [2.45, 2.75) is 24.8 Å². The van der Waals surface area contributed by atoms with E-state index >= 15 is 0 Å². The molecule has 2 aromatic rings. The Kier molecular flexibility index (Phi) is 4.03. The van der Waals surface area contributed by atoms with Gasteiger partial charge in [-0.25, -0.2) is 8.42 Å². The third kappa shape index (κ3) is 2.52. The highest BCUT2D eigenvalue weighted by molar-refractivity contribution is 7.89. The molecule has 1 aromatic heterocycles. The topological polar surface area (TPSA) is 99.4 Å². The number of nitrogens with two attached hydrogens (primary N) is 1. The summed E-state index contributed by atoms with van der Waals surface area (Å²) in [6, 6.07) is 4.82. The fourth-order valence-electron chi connectivity index (χ4n) is 2.21. The minimum absolute atomic E-state index is 0.0711. The van der Waals surface area contributed by atoms with Crippen LogP contribution in [0.15, 0.2) is 29.3 Å². The summed E-state index contributed by atoms with van der Waals surface area (Å²) in [4.78, 5) is 3.13. The molecule has 0 unspecified atom stereocenters. The minimum atomic E-state index is -3.66. The van der Waals surface area contributed by atoms with Crippen molar-refractivity contribution in [2.75, 3.05) is 18.9 Å². The van der Waals surface area contributed by atoms with Crippen LogP contribution < -0.4 is 5.73 Å². The lowest BCUT2D eigenvalue weighted by Gasteiger charge is -2.24. The van der Waals surface area contributed by atoms with Gasteiger partial charge < -0.3 is 15.8 Å². The number of aromatic nitrogens is 1. The Morgan fingerprint density at radius 3 is 2.70 bits per heavy atom. The third-order valence-electron chi connectivity index (χ3n) is 3.15. The molecule has 0 amide bonds. The van der Waals surface area contributed by atoms with Crippen LogP contribution in [0, 0.1) is 0 Å². The van der Waals surface area contributed by atoms with Crippen molar-refractivity contribution in [3.8, 4) is 0 Å². The number of H-pyrrole nitrogens is 1. The van der Waals surface area contributed by atoms with Gasteiger partial charge in [0.05, 0.1) is 6.61 Å². The predicted molar refractivity (Wildman–Crippen MR) is 78.8 cm³/mol. The van der Waals surface area contributed by atoms with Crippen LogP contribution >= 0.6 is 0 Å². The number of rotatable bonds is 5. The Bertz CT molecular complexity index is 707. The zero-order valence-corrected chi connectivity index (χ0v) is 12.3. The van der Waals surface area contributed by atoms with Gasteiger partial charge in [-0.15, -0.1) is 0 Å². The molecule has 0 atom stereocenters. The zero-order chi connectivity index (χ0) is 14.9. The highest BCUT2D eigenvalue weighted by atomic mass is 32.2. The lowest BCUT2D eigenvalue weighted by Crippen LogP contribution is -2.38. The summed E-state index contributed by atoms with van der Waals surface area (Å²) in [5, 5.41) is 9.67. The Labute approximate surface area is 118 Å².